The van der Waals surface area contributed by atoms with Crippen molar-refractivity contribution in [2.24, 2.45) is 0 Å². The number of nitrogens with zero attached hydrogens (tertiary/aromatic N) is 6. The second kappa shape index (κ2) is 6.49. The molecule has 2 aromatic rings. The minimum absolute atomic E-state index is 0.594. The third-order valence-electron chi connectivity index (χ3n) is 3.37. The normalized spacial score (nSPS) is 15.5. The lowest BCUT2D eigenvalue weighted by atomic mass is 10.3. The predicted octanol–water partition coefficient (Wildman–Crippen LogP) is 0.296. The van der Waals surface area contributed by atoms with E-state index in [1.807, 2.05) is 13.0 Å². The van der Waals surface area contributed by atoms with Gasteiger partial charge in [0, 0.05) is 38.6 Å². The van der Waals surface area contributed by atoms with Crippen LogP contribution >= 0.6 is 0 Å². The van der Waals surface area contributed by atoms with E-state index in [2.05, 4.69) is 35.3 Å². The summed E-state index contributed by atoms with van der Waals surface area (Å²) >= 11 is 0. The highest BCUT2D eigenvalue weighted by Crippen LogP contribution is 2.16. The molecular weight excluding hydrogens is 270 g/mol. The maximum Gasteiger partial charge on any atom is 0.318 e. The largest absolute Gasteiger partial charge is 0.407 e. The van der Waals surface area contributed by atoms with Crippen LogP contribution in [0, 0.1) is 0 Å². The molecule has 8 heteroatoms. The van der Waals surface area contributed by atoms with Crippen molar-refractivity contribution in [2.45, 2.75) is 13.5 Å². The lowest BCUT2D eigenvalue weighted by Crippen LogP contribution is -2.47. The molecule has 0 aliphatic carbocycles. The maximum absolute atomic E-state index is 5.66. The zero-order valence-electron chi connectivity index (χ0n) is 12.1. The molecule has 8 nitrogen and oxygen atoms in total. The van der Waals surface area contributed by atoms with Gasteiger partial charge in [-0.1, -0.05) is 12.0 Å². The van der Waals surface area contributed by atoms with E-state index in [4.69, 9.17) is 4.42 Å². The van der Waals surface area contributed by atoms with Gasteiger partial charge in [0.25, 0.3) is 0 Å². The van der Waals surface area contributed by atoms with Crippen LogP contribution in [0.2, 0.25) is 0 Å². The van der Waals surface area contributed by atoms with Crippen molar-refractivity contribution < 1.29 is 4.42 Å². The molecule has 0 unspecified atom stereocenters. The van der Waals surface area contributed by atoms with Crippen LogP contribution in [-0.2, 0) is 6.54 Å². The molecule has 0 spiro atoms. The molecule has 0 saturated carbocycles. The van der Waals surface area contributed by atoms with Gasteiger partial charge in [0.05, 0.1) is 6.54 Å². The van der Waals surface area contributed by atoms with Crippen LogP contribution in [0.25, 0.3) is 0 Å². The summed E-state index contributed by atoms with van der Waals surface area (Å²) in [6.45, 7) is 6.86. The third kappa shape index (κ3) is 3.27. The summed E-state index contributed by atoms with van der Waals surface area (Å²) in [7, 11) is 0. The van der Waals surface area contributed by atoms with Gasteiger partial charge in [0.2, 0.25) is 11.8 Å². The monoisotopic (exact) mass is 289 g/mol. The van der Waals surface area contributed by atoms with Gasteiger partial charge < -0.3 is 19.5 Å². The Bertz CT molecular complexity index is 551. The Balaban J connectivity index is 1.57. The van der Waals surface area contributed by atoms with Crippen LogP contribution in [-0.4, -0.2) is 52.9 Å². The van der Waals surface area contributed by atoms with Crippen molar-refractivity contribution in [3.63, 3.8) is 0 Å². The van der Waals surface area contributed by atoms with Gasteiger partial charge in [-0.05, 0) is 12.6 Å². The second-order valence-electron chi connectivity index (χ2n) is 4.78. The molecule has 0 atom stereocenters. The molecule has 0 amide bonds. The molecular formula is C13H19N7O. The SMILES string of the molecule is CCNCc1nnc(N2CCN(c3ncccn3)CC2)o1. The average molecular weight is 289 g/mol. The summed E-state index contributed by atoms with van der Waals surface area (Å²) in [5.74, 6) is 1.40. The first-order chi connectivity index (χ1) is 10.4. The van der Waals surface area contributed by atoms with Crippen molar-refractivity contribution >= 4 is 12.0 Å². The van der Waals surface area contributed by atoms with E-state index in [1.165, 1.54) is 0 Å². The van der Waals surface area contributed by atoms with Gasteiger partial charge >= 0.3 is 6.01 Å². The van der Waals surface area contributed by atoms with Crippen LogP contribution < -0.4 is 15.1 Å². The van der Waals surface area contributed by atoms with Gasteiger partial charge in [-0.25, -0.2) is 9.97 Å². The van der Waals surface area contributed by atoms with Crippen LogP contribution in [0.1, 0.15) is 12.8 Å². The highest BCUT2D eigenvalue weighted by Gasteiger charge is 2.22. The molecule has 3 rings (SSSR count). The fraction of sp³-hybridized carbons (Fsp3) is 0.538. The fourth-order valence-electron chi connectivity index (χ4n) is 2.23. The first-order valence-corrected chi connectivity index (χ1v) is 7.17. The van der Waals surface area contributed by atoms with Crippen molar-refractivity contribution in [1.29, 1.82) is 0 Å². The summed E-state index contributed by atoms with van der Waals surface area (Å²) in [6.07, 6.45) is 3.53. The Morgan fingerprint density at radius 2 is 1.81 bits per heavy atom. The number of nitrogens with one attached hydrogen (secondary N) is 1. The summed E-state index contributed by atoms with van der Waals surface area (Å²) in [4.78, 5) is 12.8. The summed E-state index contributed by atoms with van der Waals surface area (Å²) < 4.78 is 5.66. The molecule has 2 aromatic heterocycles. The molecule has 112 valence electrons. The Morgan fingerprint density at radius 1 is 1.10 bits per heavy atom. The van der Waals surface area contributed by atoms with E-state index in [-0.39, 0.29) is 0 Å². The van der Waals surface area contributed by atoms with Crippen LogP contribution in [0.5, 0.6) is 0 Å². The minimum atomic E-state index is 0.594. The summed E-state index contributed by atoms with van der Waals surface area (Å²) in [5, 5.41) is 11.3. The van der Waals surface area contributed by atoms with Crippen molar-refractivity contribution in [3.05, 3.63) is 24.4 Å². The predicted molar refractivity (Wildman–Crippen MR) is 78.1 cm³/mol. The molecule has 0 bridgehead atoms. The van der Waals surface area contributed by atoms with Crippen molar-refractivity contribution in [2.75, 3.05) is 42.5 Å². The Kier molecular flexibility index (Phi) is 4.25. The minimum Gasteiger partial charge on any atom is -0.407 e. The smallest absolute Gasteiger partial charge is 0.318 e. The number of anilines is 2. The van der Waals surface area contributed by atoms with Gasteiger partial charge in [0.15, 0.2) is 0 Å². The van der Waals surface area contributed by atoms with E-state index in [1.54, 1.807) is 12.4 Å². The highest BCUT2D eigenvalue weighted by molar-refractivity contribution is 5.35. The number of hydrogen-bond acceptors (Lipinski definition) is 8. The molecule has 21 heavy (non-hydrogen) atoms. The number of aromatic nitrogens is 4. The Hall–Kier alpha value is -2.22. The highest BCUT2D eigenvalue weighted by atomic mass is 16.4. The fourth-order valence-corrected chi connectivity index (χ4v) is 2.23. The second-order valence-corrected chi connectivity index (χ2v) is 4.78. The maximum atomic E-state index is 5.66. The zero-order valence-corrected chi connectivity index (χ0v) is 12.1. The summed E-state index contributed by atoms with van der Waals surface area (Å²) in [5.41, 5.74) is 0. The van der Waals surface area contributed by atoms with E-state index in [0.29, 0.717) is 18.5 Å². The van der Waals surface area contributed by atoms with Crippen LogP contribution in [0.4, 0.5) is 12.0 Å². The molecule has 0 aromatic carbocycles. The van der Waals surface area contributed by atoms with E-state index in [0.717, 1.165) is 38.7 Å². The Labute approximate surface area is 123 Å². The molecule has 1 saturated heterocycles. The number of rotatable bonds is 5. The first-order valence-electron chi connectivity index (χ1n) is 7.17. The van der Waals surface area contributed by atoms with Gasteiger partial charge in [-0.15, -0.1) is 5.10 Å². The molecule has 3 heterocycles. The van der Waals surface area contributed by atoms with Crippen LogP contribution in [0.3, 0.4) is 0 Å². The van der Waals surface area contributed by atoms with E-state index in [9.17, 15) is 0 Å². The quantitative estimate of drug-likeness (QED) is 0.841. The Morgan fingerprint density at radius 3 is 2.52 bits per heavy atom. The zero-order chi connectivity index (χ0) is 14.5. The standard InChI is InChI=1S/C13H19N7O/c1-2-14-10-11-17-18-13(21-11)20-8-6-19(7-9-20)12-15-4-3-5-16-12/h3-5,14H,2,6-10H2,1H3. The van der Waals surface area contributed by atoms with Crippen molar-refractivity contribution in [1.82, 2.24) is 25.5 Å². The van der Waals surface area contributed by atoms with Crippen LogP contribution in [0.15, 0.2) is 22.9 Å². The van der Waals surface area contributed by atoms with Crippen molar-refractivity contribution in [3.8, 4) is 0 Å². The first kappa shape index (κ1) is 13.7. The molecule has 0 radical (unpaired) electrons. The van der Waals surface area contributed by atoms with E-state index >= 15 is 0 Å². The third-order valence-corrected chi connectivity index (χ3v) is 3.37. The molecule has 1 N–H and O–H groups in total. The number of piperazine rings is 1. The topological polar surface area (TPSA) is 83.2 Å². The van der Waals surface area contributed by atoms with Gasteiger partial charge in [0.1, 0.15) is 0 Å². The number of hydrogen-bond donors (Lipinski definition) is 1. The average Bonchev–Trinajstić information content (AvgIpc) is 3.03. The van der Waals surface area contributed by atoms with Gasteiger partial charge in [-0.3, -0.25) is 0 Å². The summed E-state index contributed by atoms with van der Waals surface area (Å²) in [6, 6.07) is 2.42. The lowest BCUT2D eigenvalue weighted by Gasteiger charge is -2.33. The molecule has 1 fully saturated rings. The molecule has 1 aliphatic rings. The van der Waals surface area contributed by atoms with Gasteiger partial charge in [-0.2, -0.15) is 0 Å². The van der Waals surface area contributed by atoms with E-state index < -0.39 is 0 Å². The lowest BCUT2D eigenvalue weighted by molar-refractivity contribution is 0.457. The molecule has 1 aliphatic heterocycles.